The highest BCUT2D eigenvalue weighted by Gasteiger charge is 2.10. The van der Waals surface area contributed by atoms with Crippen molar-refractivity contribution in [1.29, 1.82) is 0 Å². The summed E-state index contributed by atoms with van der Waals surface area (Å²) in [5, 5.41) is 6.51. The summed E-state index contributed by atoms with van der Waals surface area (Å²) < 4.78 is 13.6. The van der Waals surface area contributed by atoms with Gasteiger partial charge in [-0.15, -0.1) is 0 Å². The predicted molar refractivity (Wildman–Crippen MR) is 103 cm³/mol. The SMILES string of the molecule is O=C(NCc1ccccc1F)c1cc(NCCc2cccc(Cl)c2)ncn1. The third kappa shape index (κ3) is 5.49. The van der Waals surface area contributed by atoms with Gasteiger partial charge in [0.2, 0.25) is 0 Å². The van der Waals surface area contributed by atoms with Gasteiger partial charge in [0.1, 0.15) is 23.7 Å². The Morgan fingerprint density at radius 1 is 1.07 bits per heavy atom. The Bertz CT molecular complexity index is 935. The summed E-state index contributed by atoms with van der Waals surface area (Å²) >= 11 is 5.97. The van der Waals surface area contributed by atoms with Crippen LogP contribution in [-0.4, -0.2) is 22.4 Å². The lowest BCUT2D eigenvalue weighted by Crippen LogP contribution is -2.24. The minimum atomic E-state index is -0.390. The number of nitrogens with one attached hydrogen (secondary N) is 2. The van der Waals surface area contributed by atoms with E-state index in [4.69, 9.17) is 11.6 Å². The van der Waals surface area contributed by atoms with Crippen molar-refractivity contribution in [3.63, 3.8) is 0 Å². The van der Waals surface area contributed by atoms with E-state index in [-0.39, 0.29) is 18.1 Å². The molecule has 3 aromatic rings. The molecule has 0 aliphatic carbocycles. The molecule has 0 bridgehead atoms. The van der Waals surface area contributed by atoms with Crippen molar-refractivity contribution in [3.05, 3.63) is 88.6 Å². The molecule has 0 aliphatic heterocycles. The van der Waals surface area contributed by atoms with Gasteiger partial charge in [0.25, 0.3) is 5.91 Å². The van der Waals surface area contributed by atoms with Gasteiger partial charge in [-0.25, -0.2) is 14.4 Å². The van der Waals surface area contributed by atoms with E-state index in [1.807, 2.05) is 24.3 Å². The largest absolute Gasteiger partial charge is 0.370 e. The van der Waals surface area contributed by atoms with Gasteiger partial charge < -0.3 is 10.6 Å². The lowest BCUT2D eigenvalue weighted by atomic mass is 10.1. The number of amides is 1. The van der Waals surface area contributed by atoms with Gasteiger partial charge in [-0.2, -0.15) is 0 Å². The van der Waals surface area contributed by atoms with Crippen LogP contribution in [0, 0.1) is 5.82 Å². The molecular formula is C20H18ClFN4O. The highest BCUT2D eigenvalue weighted by atomic mass is 35.5. The van der Waals surface area contributed by atoms with E-state index in [0.29, 0.717) is 22.9 Å². The molecule has 0 saturated heterocycles. The number of aromatic nitrogens is 2. The fraction of sp³-hybridized carbons (Fsp3) is 0.150. The van der Waals surface area contributed by atoms with Gasteiger partial charge in [-0.3, -0.25) is 4.79 Å². The van der Waals surface area contributed by atoms with Crippen LogP contribution in [0.3, 0.4) is 0 Å². The quantitative estimate of drug-likeness (QED) is 0.649. The first-order valence-electron chi connectivity index (χ1n) is 8.44. The Balaban J connectivity index is 1.54. The maximum absolute atomic E-state index is 13.6. The molecule has 5 nitrogen and oxygen atoms in total. The zero-order valence-electron chi connectivity index (χ0n) is 14.5. The molecule has 7 heteroatoms. The third-order valence-electron chi connectivity index (χ3n) is 3.91. The number of anilines is 1. The number of hydrogen-bond donors (Lipinski definition) is 2. The molecule has 1 heterocycles. The van der Waals surface area contributed by atoms with E-state index >= 15 is 0 Å². The Hall–Kier alpha value is -2.99. The van der Waals surface area contributed by atoms with E-state index in [2.05, 4.69) is 20.6 Å². The molecule has 2 aromatic carbocycles. The van der Waals surface area contributed by atoms with Crippen LogP contribution in [0.25, 0.3) is 0 Å². The van der Waals surface area contributed by atoms with Crippen LogP contribution in [0.15, 0.2) is 60.9 Å². The molecule has 0 atom stereocenters. The van der Waals surface area contributed by atoms with Crippen LogP contribution in [0.1, 0.15) is 21.6 Å². The lowest BCUT2D eigenvalue weighted by molar-refractivity contribution is 0.0945. The van der Waals surface area contributed by atoms with Gasteiger partial charge in [0, 0.05) is 29.7 Å². The number of hydrogen-bond acceptors (Lipinski definition) is 4. The van der Waals surface area contributed by atoms with Crippen molar-refractivity contribution >= 4 is 23.3 Å². The first-order chi connectivity index (χ1) is 13.1. The van der Waals surface area contributed by atoms with Crippen molar-refractivity contribution in [2.45, 2.75) is 13.0 Å². The molecule has 0 aliphatic rings. The highest BCUT2D eigenvalue weighted by Crippen LogP contribution is 2.12. The third-order valence-corrected chi connectivity index (χ3v) is 4.14. The van der Waals surface area contributed by atoms with Crippen molar-refractivity contribution < 1.29 is 9.18 Å². The first-order valence-corrected chi connectivity index (χ1v) is 8.81. The fourth-order valence-corrected chi connectivity index (χ4v) is 2.73. The van der Waals surface area contributed by atoms with Gasteiger partial charge in [0.15, 0.2) is 0 Å². The second kappa shape index (κ2) is 9.09. The summed E-state index contributed by atoms with van der Waals surface area (Å²) in [6.07, 6.45) is 2.08. The Labute approximate surface area is 161 Å². The number of rotatable bonds is 7. The van der Waals surface area contributed by atoms with Gasteiger partial charge in [-0.1, -0.05) is 41.9 Å². The van der Waals surface area contributed by atoms with E-state index in [1.165, 1.54) is 12.4 Å². The van der Waals surface area contributed by atoms with Crippen LogP contribution in [0.4, 0.5) is 10.2 Å². The molecule has 0 spiro atoms. The lowest BCUT2D eigenvalue weighted by Gasteiger charge is -2.08. The van der Waals surface area contributed by atoms with E-state index in [0.717, 1.165) is 12.0 Å². The van der Waals surface area contributed by atoms with Gasteiger partial charge in [-0.05, 0) is 30.2 Å². The second-order valence-corrected chi connectivity index (χ2v) is 6.31. The molecular weight excluding hydrogens is 367 g/mol. The molecule has 27 heavy (non-hydrogen) atoms. The number of halogens is 2. The molecule has 1 amide bonds. The molecule has 1 aromatic heterocycles. The minimum absolute atomic E-state index is 0.0903. The molecule has 0 unspecified atom stereocenters. The Morgan fingerprint density at radius 2 is 1.93 bits per heavy atom. The predicted octanol–water partition coefficient (Wildman–Crippen LogP) is 3.85. The number of carbonyl (C=O) groups excluding carboxylic acids is 1. The summed E-state index contributed by atoms with van der Waals surface area (Å²) in [5.41, 5.74) is 1.73. The molecule has 0 saturated carbocycles. The van der Waals surface area contributed by atoms with Crippen LogP contribution in [-0.2, 0) is 13.0 Å². The molecule has 2 N–H and O–H groups in total. The topological polar surface area (TPSA) is 66.9 Å². The van der Waals surface area contributed by atoms with Gasteiger partial charge in [0.05, 0.1) is 0 Å². The first kappa shape index (κ1) is 18.8. The van der Waals surface area contributed by atoms with Crippen molar-refractivity contribution in [2.75, 3.05) is 11.9 Å². The van der Waals surface area contributed by atoms with Crippen molar-refractivity contribution in [2.24, 2.45) is 0 Å². The van der Waals surface area contributed by atoms with Crippen molar-refractivity contribution in [1.82, 2.24) is 15.3 Å². The van der Waals surface area contributed by atoms with Crippen LogP contribution < -0.4 is 10.6 Å². The average molecular weight is 385 g/mol. The number of benzene rings is 2. The summed E-state index contributed by atoms with van der Waals surface area (Å²) in [4.78, 5) is 20.3. The normalized spacial score (nSPS) is 10.4. The molecule has 138 valence electrons. The summed E-state index contributed by atoms with van der Waals surface area (Å²) in [5.74, 6) is -0.203. The van der Waals surface area contributed by atoms with Crippen LogP contribution in [0.2, 0.25) is 5.02 Å². The Kier molecular flexibility index (Phi) is 6.33. The van der Waals surface area contributed by atoms with Crippen LogP contribution >= 0.6 is 11.6 Å². The number of carbonyl (C=O) groups is 1. The molecule has 0 fully saturated rings. The smallest absolute Gasteiger partial charge is 0.270 e. The number of nitrogens with zero attached hydrogens (tertiary/aromatic N) is 2. The summed E-state index contributed by atoms with van der Waals surface area (Å²) in [7, 11) is 0. The average Bonchev–Trinajstić information content (AvgIpc) is 2.67. The fourth-order valence-electron chi connectivity index (χ4n) is 2.51. The summed E-state index contributed by atoms with van der Waals surface area (Å²) in [6, 6.07) is 15.5. The Morgan fingerprint density at radius 3 is 2.74 bits per heavy atom. The van der Waals surface area contributed by atoms with Crippen molar-refractivity contribution in [3.8, 4) is 0 Å². The zero-order valence-corrected chi connectivity index (χ0v) is 15.2. The van der Waals surface area contributed by atoms with Crippen LogP contribution in [0.5, 0.6) is 0 Å². The minimum Gasteiger partial charge on any atom is -0.370 e. The molecule has 0 radical (unpaired) electrons. The maximum atomic E-state index is 13.6. The monoisotopic (exact) mass is 384 g/mol. The van der Waals surface area contributed by atoms with E-state index in [9.17, 15) is 9.18 Å². The molecule has 3 rings (SSSR count). The standard InChI is InChI=1S/C20H18ClFN4O/c21-16-6-3-4-14(10-16)8-9-23-19-11-18(25-13-26-19)20(27)24-12-15-5-1-2-7-17(15)22/h1-7,10-11,13H,8-9,12H2,(H,24,27)(H,23,25,26). The second-order valence-electron chi connectivity index (χ2n) is 5.87. The highest BCUT2D eigenvalue weighted by molar-refractivity contribution is 6.30. The zero-order chi connectivity index (χ0) is 19.1. The van der Waals surface area contributed by atoms with Gasteiger partial charge >= 0.3 is 0 Å². The summed E-state index contributed by atoms with van der Waals surface area (Å²) in [6.45, 7) is 0.723. The van der Waals surface area contributed by atoms with E-state index in [1.54, 1.807) is 24.3 Å². The van der Waals surface area contributed by atoms with E-state index < -0.39 is 5.91 Å². The maximum Gasteiger partial charge on any atom is 0.270 e.